The number of anilines is 1. The number of carbonyl (C=O) groups excluding carboxylic acids is 1. The molecule has 1 aliphatic carbocycles. The number of amides is 1. The van der Waals surface area contributed by atoms with Crippen molar-refractivity contribution >= 4 is 21.6 Å². The summed E-state index contributed by atoms with van der Waals surface area (Å²) in [6.07, 6.45) is 1.66. The van der Waals surface area contributed by atoms with Crippen LogP contribution in [0.1, 0.15) is 12.8 Å². The van der Waals surface area contributed by atoms with Crippen molar-refractivity contribution in [2.24, 2.45) is 0 Å². The SMILES string of the molecule is COc1ccc(S(=O)(=O)NC2CC2)cc1NC(=O)COc1ccc(Oc2ccccc2)cc1. The number of sulfonamides is 1. The molecule has 0 radical (unpaired) electrons. The third-order valence-electron chi connectivity index (χ3n) is 4.83. The Hall–Kier alpha value is -3.56. The minimum Gasteiger partial charge on any atom is -0.495 e. The van der Waals surface area contributed by atoms with Gasteiger partial charge in [0.05, 0.1) is 17.7 Å². The van der Waals surface area contributed by atoms with Crippen molar-refractivity contribution in [1.29, 1.82) is 0 Å². The van der Waals surface area contributed by atoms with Gasteiger partial charge in [-0.05, 0) is 67.4 Å². The largest absolute Gasteiger partial charge is 0.495 e. The number of hydrogen-bond donors (Lipinski definition) is 2. The number of ether oxygens (including phenoxy) is 3. The first-order valence-electron chi connectivity index (χ1n) is 10.4. The third-order valence-corrected chi connectivity index (χ3v) is 6.35. The van der Waals surface area contributed by atoms with E-state index in [1.807, 2.05) is 30.3 Å². The summed E-state index contributed by atoms with van der Waals surface area (Å²) in [5, 5.41) is 2.65. The van der Waals surface area contributed by atoms with E-state index in [2.05, 4.69) is 10.0 Å². The number of rotatable bonds is 10. The maximum absolute atomic E-state index is 12.5. The summed E-state index contributed by atoms with van der Waals surface area (Å²) in [6, 6.07) is 20.6. The van der Waals surface area contributed by atoms with Crippen LogP contribution in [0.25, 0.3) is 0 Å². The van der Waals surface area contributed by atoms with Crippen LogP contribution in [0.15, 0.2) is 77.7 Å². The van der Waals surface area contributed by atoms with Crippen LogP contribution >= 0.6 is 0 Å². The predicted molar refractivity (Wildman–Crippen MR) is 123 cm³/mol. The molecule has 8 nitrogen and oxygen atoms in total. The van der Waals surface area contributed by atoms with Crippen molar-refractivity contribution in [3.8, 4) is 23.0 Å². The number of hydrogen-bond acceptors (Lipinski definition) is 6. The van der Waals surface area contributed by atoms with Crippen LogP contribution in [-0.4, -0.2) is 34.1 Å². The highest BCUT2D eigenvalue weighted by Gasteiger charge is 2.28. The third kappa shape index (κ3) is 6.24. The maximum Gasteiger partial charge on any atom is 0.262 e. The number of carbonyl (C=O) groups is 1. The van der Waals surface area contributed by atoms with Crippen molar-refractivity contribution in [1.82, 2.24) is 4.72 Å². The lowest BCUT2D eigenvalue weighted by atomic mass is 10.3. The molecule has 1 amide bonds. The van der Waals surface area contributed by atoms with Gasteiger partial charge in [0.15, 0.2) is 6.61 Å². The van der Waals surface area contributed by atoms with E-state index in [1.165, 1.54) is 25.3 Å². The molecule has 3 aromatic carbocycles. The van der Waals surface area contributed by atoms with Crippen molar-refractivity contribution in [2.75, 3.05) is 19.0 Å². The molecule has 0 saturated heterocycles. The minimum atomic E-state index is -3.66. The highest BCUT2D eigenvalue weighted by Crippen LogP contribution is 2.29. The van der Waals surface area contributed by atoms with Gasteiger partial charge >= 0.3 is 0 Å². The van der Waals surface area contributed by atoms with Crippen LogP contribution in [0.2, 0.25) is 0 Å². The first kappa shape index (κ1) is 22.6. The Bertz CT molecular complexity index is 1210. The average molecular weight is 469 g/mol. The van der Waals surface area contributed by atoms with Gasteiger partial charge in [-0.15, -0.1) is 0 Å². The topological polar surface area (TPSA) is 103 Å². The van der Waals surface area contributed by atoms with Gasteiger partial charge in [-0.25, -0.2) is 13.1 Å². The Balaban J connectivity index is 1.35. The smallest absolute Gasteiger partial charge is 0.262 e. The Morgan fingerprint density at radius 1 is 0.939 bits per heavy atom. The molecule has 2 N–H and O–H groups in total. The zero-order chi connectivity index (χ0) is 23.3. The van der Waals surface area contributed by atoms with Crippen LogP contribution < -0.4 is 24.2 Å². The number of methoxy groups -OCH3 is 1. The van der Waals surface area contributed by atoms with E-state index >= 15 is 0 Å². The second kappa shape index (κ2) is 9.93. The van der Waals surface area contributed by atoms with Crippen LogP contribution in [0.3, 0.4) is 0 Å². The zero-order valence-electron chi connectivity index (χ0n) is 18.0. The lowest BCUT2D eigenvalue weighted by Crippen LogP contribution is -2.26. The van der Waals surface area contributed by atoms with Crippen molar-refractivity contribution in [3.63, 3.8) is 0 Å². The van der Waals surface area contributed by atoms with Crippen molar-refractivity contribution in [2.45, 2.75) is 23.8 Å². The summed E-state index contributed by atoms with van der Waals surface area (Å²) < 4.78 is 44.1. The van der Waals surface area contributed by atoms with Gasteiger partial charge in [0.1, 0.15) is 23.0 Å². The lowest BCUT2D eigenvalue weighted by Gasteiger charge is -2.13. The standard InChI is InChI=1S/C24H24N2O6S/c1-30-23-14-13-21(33(28,29)26-17-7-8-17)15-22(23)25-24(27)16-31-18-9-11-20(12-10-18)32-19-5-3-2-4-6-19/h2-6,9-15,17,26H,7-8,16H2,1H3,(H,25,27). The highest BCUT2D eigenvalue weighted by molar-refractivity contribution is 7.89. The molecule has 0 bridgehead atoms. The van der Waals surface area contributed by atoms with E-state index in [0.29, 0.717) is 17.2 Å². The summed E-state index contributed by atoms with van der Waals surface area (Å²) in [6.45, 7) is -0.265. The molecule has 0 heterocycles. The molecule has 1 fully saturated rings. The Morgan fingerprint density at radius 2 is 1.61 bits per heavy atom. The minimum absolute atomic E-state index is 0.0203. The van der Waals surface area contributed by atoms with Gasteiger partial charge in [-0.2, -0.15) is 0 Å². The van der Waals surface area contributed by atoms with Crippen LogP contribution in [0, 0.1) is 0 Å². The molecular formula is C24H24N2O6S. The molecule has 1 aliphatic rings. The molecule has 0 aromatic heterocycles. The summed E-state index contributed by atoms with van der Waals surface area (Å²) in [4.78, 5) is 12.5. The Morgan fingerprint density at radius 3 is 2.27 bits per heavy atom. The van der Waals surface area contributed by atoms with E-state index < -0.39 is 15.9 Å². The van der Waals surface area contributed by atoms with Crippen molar-refractivity contribution < 1.29 is 27.4 Å². The highest BCUT2D eigenvalue weighted by atomic mass is 32.2. The molecule has 0 spiro atoms. The molecule has 33 heavy (non-hydrogen) atoms. The fraction of sp³-hybridized carbons (Fsp3) is 0.208. The summed E-state index contributed by atoms with van der Waals surface area (Å²) in [5.74, 6) is 1.73. The van der Waals surface area contributed by atoms with Gasteiger partial charge in [0.2, 0.25) is 10.0 Å². The van der Waals surface area contributed by atoms with Crippen molar-refractivity contribution in [3.05, 3.63) is 72.8 Å². The van der Waals surface area contributed by atoms with Gasteiger partial charge < -0.3 is 19.5 Å². The van der Waals surface area contributed by atoms with Gasteiger partial charge in [-0.3, -0.25) is 4.79 Å². The van der Waals surface area contributed by atoms with Crippen LogP contribution in [0.5, 0.6) is 23.0 Å². The number of nitrogens with one attached hydrogen (secondary N) is 2. The first-order chi connectivity index (χ1) is 15.9. The van der Waals surface area contributed by atoms with Gasteiger partial charge in [0.25, 0.3) is 5.91 Å². The molecule has 3 aromatic rings. The van der Waals surface area contributed by atoms with E-state index in [1.54, 1.807) is 24.3 Å². The fourth-order valence-corrected chi connectivity index (χ4v) is 4.34. The van der Waals surface area contributed by atoms with E-state index in [0.717, 1.165) is 18.6 Å². The monoisotopic (exact) mass is 468 g/mol. The number of para-hydroxylation sites is 1. The maximum atomic E-state index is 12.5. The van der Waals surface area contributed by atoms with E-state index in [-0.39, 0.29) is 23.2 Å². The molecule has 172 valence electrons. The normalized spacial score (nSPS) is 13.2. The average Bonchev–Trinajstić information content (AvgIpc) is 3.62. The van der Waals surface area contributed by atoms with E-state index in [9.17, 15) is 13.2 Å². The van der Waals surface area contributed by atoms with Gasteiger partial charge in [-0.1, -0.05) is 18.2 Å². The summed E-state index contributed by atoms with van der Waals surface area (Å²) in [5.41, 5.74) is 0.247. The van der Waals surface area contributed by atoms with Gasteiger partial charge in [0, 0.05) is 6.04 Å². The molecular weight excluding hydrogens is 444 g/mol. The lowest BCUT2D eigenvalue weighted by molar-refractivity contribution is -0.118. The van der Waals surface area contributed by atoms with Crippen LogP contribution in [0.4, 0.5) is 5.69 Å². The second-order valence-corrected chi connectivity index (χ2v) is 9.20. The molecule has 4 rings (SSSR count). The van der Waals surface area contributed by atoms with Crippen LogP contribution in [-0.2, 0) is 14.8 Å². The first-order valence-corrected chi connectivity index (χ1v) is 11.9. The zero-order valence-corrected chi connectivity index (χ0v) is 18.8. The summed E-state index contributed by atoms with van der Waals surface area (Å²) in [7, 11) is -2.22. The number of benzene rings is 3. The summed E-state index contributed by atoms with van der Waals surface area (Å²) >= 11 is 0. The Labute approximate surface area is 192 Å². The second-order valence-electron chi connectivity index (χ2n) is 7.48. The molecule has 9 heteroatoms. The molecule has 0 aliphatic heterocycles. The van der Waals surface area contributed by atoms with E-state index in [4.69, 9.17) is 14.2 Å². The predicted octanol–water partition coefficient (Wildman–Crippen LogP) is 3.95. The fourth-order valence-electron chi connectivity index (χ4n) is 3.00. The molecule has 0 atom stereocenters. The quantitative estimate of drug-likeness (QED) is 0.467. The molecule has 0 unspecified atom stereocenters. The Kier molecular flexibility index (Phi) is 6.81. The molecule has 1 saturated carbocycles.